The molecule has 0 fully saturated rings. The average Bonchev–Trinajstić information content (AvgIpc) is 3.51. The molecule has 0 bridgehead atoms. The van der Waals surface area contributed by atoms with Gasteiger partial charge in [0.15, 0.2) is 0 Å². The van der Waals surface area contributed by atoms with Crippen LogP contribution in [0.4, 0.5) is 0 Å². The van der Waals surface area contributed by atoms with Gasteiger partial charge in [-0.2, -0.15) is 0 Å². The van der Waals surface area contributed by atoms with Crippen LogP contribution in [0.15, 0.2) is 24.3 Å². The predicted molar refractivity (Wildman–Crippen MR) is 375 cm³/mol. The summed E-state index contributed by atoms with van der Waals surface area (Å²) in [6, 6.07) is -0.541. The van der Waals surface area contributed by atoms with E-state index in [2.05, 4.69) is 43.5 Å². The van der Waals surface area contributed by atoms with Gasteiger partial charge in [0.05, 0.1) is 25.4 Å². The lowest BCUT2D eigenvalue weighted by atomic mass is 10.0. The van der Waals surface area contributed by atoms with Gasteiger partial charge in [-0.05, 0) is 77.0 Å². The zero-order valence-corrected chi connectivity index (χ0v) is 57.9. The van der Waals surface area contributed by atoms with E-state index in [-0.39, 0.29) is 18.5 Å². The maximum Gasteiger partial charge on any atom is 0.305 e. The molecule has 0 saturated heterocycles. The first kappa shape index (κ1) is 83.3. The number of aliphatic hydroxyl groups is 2. The number of rotatable bonds is 74. The summed E-state index contributed by atoms with van der Waals surface area (Å²) < 4.78 is 5.50. The fourth-order valence-electron chi connectivity index (χ4n) is 12.5. The fourth-order valence-corrected chi connectivity index (χ4v) is 12.5. The van der Waals surface area contributed by atoms with E-state index in [9.17, 15) is 19.8 Å². The molecule has 0 saturated carbocycles. The molecule has 2 unspecified atom stereocenters. The van der Waals surface area contributed by atoms with Gasteiger partial charge < -0.3 is 20.3 Å². The number of hydrogen-bond acceptors (Lipinski definition) is 5. The number of unbranched alkanes of at least 4 members (excludes halogenated alkanes) is 59. The Labute approximate surface area is 532 Å². The summed E-state index contributed by atoms with van der Waals surface area (Å²) >= 11 is 0. The Morgan fingerprint density at radius 3 is 0.835 bits per heavy atom. The lowest BCUT2D eigenvalue weighted by Gasteiger charge is -2.22. The van der Waals surface area contributed by atoms with Crippen molar-refractivity contribution in [3.8, 4) is 0 Å². The van der Waals surface area contributed by atoms with Crippen LogP contribution in [0.5, 0.6) is 0 Å². The van der Waals surface area contributed by atoms with Crippen LogP contribution < -0.4 is 5.32 Å². The number of aliphatic hydroxyl groups excluding tert-OH is 2. The van der Waals surface area contributed by atoms with E-state index in [4.69, 9.17) is 4.74 Å². The minimum absolute atomic E-state index is 0.0108. The maximum atomic E-state index is 12.6. The molecule has 2 atom stereocenters. The van der Waals surface area contributed by atoms with Crippen molar-refractivity contribution in [2.45, 2.75) is 456 Å². The summed E-state index contributed by atoms with van der Waals surface area (Å²) in [4.78, 5) is 24.7. The van der Waals surface area contributed by atoms with Crippen molar-refractivity contribution in [1.82, 2.24) is 5.32 Å². The first-order valence-electron chi connectivity index (χ1n) is 39.1. The van der Waals surface area contributed by atoms with Crippen molar-refractivity contribution in [3.63, 3.8) is 0 Å². The molecule has 6 nitrogen and oxygen atoms in total. The molecule has 0 aliphatic carbocycles. The Bertz CT molecular complexity index is 1330. The molecule has 85 heavy (non-hydrogen) atoms. The minimum Gasteiger partial charge on any atom is -0.466 e. The Kier molecular flexibility index (Phi) is 73.3. The number of carbonyl (C=O) groups excluding carboxylic acids is 2. The van der Waals surface area contributed by atoms with Crippen LogP contribution >= 0.6 is 0 Å². The van der Waals surface area contributed by atoms with Gasteiger partial charge in [0.2, 0.25) is 5.91 Å². The molecule has 504 valence electrons. The van der Waals surface area contributed by atoms with E-state index in [0.717, 1.165) is 44.9 Å². The Morgan fingerprint density at radius 1 is 0.318 bits per heavy atom. The molecule has 0 aromatic rings. The zero-order valence-electron chi connectivity index (χ0n) is 57.9. The molecule has 0 radical (unpaired) electrons. The maximum absolute atomic E-state index is 12.6. The topological polar surface area (TPSA) is 95.9 Å². The van der Waals surface area contributed by atoms with Crippen LogP contribution in [-0.4, -0.2) is 47.4 Å². The number of carbonyl (C=O) groups is 2. The number of allylic oxidation sites excluding steroid dienone is 4. The van der Waals surface area contributed by atoms with E-state index in [1.54, 1.807) is 0 Å². The van der Waals surface area contributed by atoms with Crippen LogP contribution in [0.1, 0.15) is 444 Å². The number of ether oxygens (including phenoxy) is 1. The molecule has 6 heteroatoms. The van der Waals surface area contributed by atoms with Gasteiger partial charge >= 0.3 is 5.97 Å². The highest BCUT2D eigenvalue weighted by Gasteiger charge is 2.20. The second kappa shape index (κ2) is 74.8. The van der Waals surface area contributed by atoms with Gasteiger partial charge in [-0.1, -0.05) is 378 Å². The minimum atomic E-state index is -0.664. The van der Waals surface area contributed by atoms with Crippen molar-refractivity contribution >= 4 is 11.9 Å². The van der Waals surface area contributed by atoms with Gasteiger partial charge in [-0.25, -0.2) is 0 Å². The Hall–Kier alpha value is -1.66. The number of amides is 1. The van der Waals surface area contributed by atoms with E-state index < -0.39 is 12.1 Å². The molecule has 3 N–H and O–H groups in total. The van der Waals surface area contributed by atoms with Crippen molar-refractivity contribution < 1.29 is 24.5 Å². The van der Waals surface area contributed by atoms with Crippen LogP contribution in [0.25, 0.3) is 0 Å². The lowest BCUT2D eigenvalue weighted by molar-refractivity contribution is -0.143. The SMILES string of the molecule is CCCCCCCCC/C=C\CCCCCCCC(=O)OCCCCCCCCCCCCCC/C=C\CCCCCCCCCCCCCCCCC(=O)NC(CO)C(O)CCCCCCCCCCCCCCCCCCCCCCCC. The van der Waals surface area contributed by atoms with Crippen molar-refractivity contribution in [2.75, 3.05) is 13.2 Å². The highest BCUT2D eigenvalue weighted by Crippen LogP contribution is 2.20. The molecule has 0 aliphatic heterocycles. The number of esters is 1. The third-order valence-electron chi connectivity index (χ3n) is 18.5. The van der Waals surface area contributed by atoms with E-state index in [1.807, 2.05) is 0 Å². The first-order chi connectivity index (χ1) is 42.0. The van der Waals surface area contributed by atoms with Crippen LogP contribution in [-0.2, 0) is 14.3 Å². The molecule has 0 spiro atoms. The number of hydrogen-bond donors (Lipinski definition) is 3. The zero-order chi connectivity index (χ0) is 61.3. The monoisotopic (exact) mass is 1200 g/mol. The summed E-state index contributed by atoms with van der Waals surface area (Å²) in [6.45, 7) is 5.00. The fraction of sp³-hybridized carbons (Fsp3) is 0.924. The van der Waals surface area contributed by atoms with Crippen molar-refractivity contribution in [1.29, 1.82) is 0 Å². The van der Waals surface area contributed by atoms with Gasteiger partial charge in [0.1, 0.15) is 0 Å². The van der Waals surface area contributed by atoms with Crippen molar-refractivity contribution in [3.05, 3.63) is 24.3 Å². The Balaban J connectivity index is 3.36. The van der Waals surface area contributed by atoms with Gasteiger partial charge in [0, 0.05) is 12.8 Å². The molecular weight excluding hydrogens is 1040 g/mol. The second-order valence-electron chi connectivity index (χ2n) is 27.0. The molecular formula is C79H153NO5. The van der Waals surface area contributed by atoms with E-state index in [1.165, 1.54) is 366 Å². The van der Waals surface area contributed by atoms with E-state index in [0.29, 0.717) is 25.9 Å². The number of nitrogens with one attached hydrogen (secondary N) is 1. The van der Waals surface area contributed by atoms with Crippen LogP contribution in [0.2, 0.25) is 0 Å². The largest absolute Gasteiger partial charge is 0.466 e. The summed E-state index contributed by atoms with van der Waals surface area (Å²) in [7, 11) is 0. The normalized spacial score (nSPS) is 12.6. The average molecular weight is 1200 g/mol. The molecule has 1 amide bonds. The van der Waals surface area contributed by atoms with Crippen LogP contribution in [0.3, 0.4) is 0 Å². The predicted octanol–water partition coefficient (Wildman–Crippen LogP) is 25.7. The lowest BCUT2D eigenvalue weighted by Crippen LogP contribution is -2.45. The van der Waals surface area contributed by atoms with Crippen LogP contribution in [0, 0.1) is 0 Å². The molecule has 0 aromatic heterocycles. The first-order valence-corrected chi connectivity index (χ1v) is 39.1. The Morgan fingerprint density at radius 2 is 0.553 bits per heavy atom. The molecule has 0 aliphatic rings. The smallest absolute Gasteiger partial charge is 0.305 e. The highest BCUT2D eigenvalue weighted by molar-refractivity contribution is 5.76. The third kappa shape index (κ3) is 71.3. The summed E-state index contributed by atoms with van der Waals surface area (Å²) in [5.41, 5.74) is 0. The standard InChI is InChI=1S/C79H153NO5/c1-3-5-7-9-11-13-15-17-19-21-22-23-34-37-40-43-47-51-55-59-63-67-71-77(82)76(75-81)80-78(83)72-68-64-60-56-52-48-44-41-38-35-32-30-28-26-24-25-27-29-31-33-36-39-42-46-50-54-58-62-66-70-74-85-79(84)73-69-65-61-57-53-49-45-20-18-16-14-12-10-8-6-4-2/h20,25,27,45,76-77,81-82H,3-19,21-24,26,28-44,46-75H2,1-2H3,(H,80,83)/b27-25-,45-20-. The molecule has 0 aromatic carbocycles. The van der Waals surface area contributed by atoms with Gasteiger partial charge in [-0.3, -0.25) is 9.59 Å². The van der Waals surface area contributed by atoms with Gasteiger partial charge in [-0.15, -0.1) is 0 Å². The molecule has 0 rings (SSSR count). The quantitative estimate of drug-likeness (QED) is 0.0320. The third-order valence-corrected chi connectivity index (χ3v) is 18.5. The summed E-state index contributed by atoms with van der Waals surface area (Å²) in [6.07, 6.45) is 95.4. The highest BCUT2D eigenvalue weighted by atomic mass is 16.5. The van der Waals surface area contributed by atoms with E-state index >= 15 is 0 Å². The summed E-state index contributed by atoms with van der Waals surface area (Å²) in [5, 5.41) is 23.5. The molecule has 0 heterocycles. The summed E-state index contributed by atoms with van der Waals surface area (Å²) in [5.74, 6) is -0.0175. The second-order valence-corrected chi connectivity index (χ2v) is 27.0. The van der Waals surface area contributed by atoms with Crippen molar-refractivity contribution in [2.24, 2.45) is 0 Å². The van der Waals surface area contributed by atoms with Gasteiger partial charge in [0.25, 0.3) is 0 Å².